The Morgan fingerprint density at radius 1 is 1.67 bits per heavy atom. The molecule has 1 aromatic heterocycles. The van der Waals surface area contributed by atoms with Gasteiger partial charge in [0.2, 0.25) is 0 Å². The van der Waals surface area contributed by atoms with Crippen LogP contribution in [-0.2, 0) is 4.79 Å². The number of nitrogens with one attached hydrogen (secondary N) is 1. The number of carboxylic acid groups (broad SMARTS) is 1. The Balaban J connectivity index is 0.000000217. The highest BCUT2D eigenvalue weighted by atomic mass is 35.5. The van der Waals surface area contributed by atoms with Gasteiger partial charge in [-0.05, 0) is 6.07 Å². The van der Waals surface area contributed by atoms with E-state index in [2.05, 4.69) is 4.98 Å². The number of rotatable bonds is 1. The van der Waals surface area contributed by atoms with Crippen molar-refractivity contribution in [2.75, 3.05) is 6.67 Å². The molecule has 3 nitrogen and oxygen atoms in total. The van der Waals surface area contributed by atoms with Crippen LogP contribution in [0.2, 0.25) is 10.2 Å². The molecular weight excluding hydrogens is 208 g/mol. The van der Waals surface area contributed by atoms with Crippen LogP contribution >= 0.6 is 23.2 Å². The summed E-state index contributed by atoms with van der Waals surface area (Å²) >= 11 is 10.9. The summed E-state index contributed by atoms with van der Waals surface area (Å²) < 4.78 is 10.5. The maximum atomic E-state index is 10.5. The van der Waals surface area contributed by atoms with Crippen molar-refractivity contribution in [3.8, 4) is 0 Å². The number of aromatic amines is 1. The van der Waals surface area contributed by atoms with Gasteiger partial charge in [-0.15, -0.1) is 0 Å². The SMILES string of the molecule is Clc1c[nH]c(Cl)c1.O=C(O)CF. The summed E-state index contributed by atoms with van der Waals surface area (Å²) in [6, 6.07) is 1.64. The van der Waals surface area contributed by atoms with E-state index in [0.717, 1.165) is 0 Å². The van der Waals surface area contributed by atoms with Gasteiger partial charge < -0.3 is 10.1 Å². The molecule has 0 aliphatic rings. The molecule has 1 rings (SSSR count). The molecule has 1 heterocycles. The molecule has 0 aliphatic heterocycles. The Hall–Kier alpha value is -0.740. The van der Waals surface area contributed by atoms with E-state index in [1.54, 1.807) is 12.3 Å². The molecule has 0 unspecified atom stereocenters. The van der Waals surface area contributed by atoms with E-state index in [9.17, 15) is 4.39 Å². The Labute approximate surface area is 78.1 Å². The van der Waals surface area contributed by atoms with Crippen LogP contribution in [0.3, 0.4) is 0 Å². The zero-order valence-electron chi connectivity index (χ0n) is 5.85. The summed E-state index contributed by atoms with van der Waals surface area (Å²) in [6.07, 6.45) is 1.63. The van der Waals surface area contributed by atoms with Gasteiger partial charge in [0.1, 0.15) is 5.15 Å². The first-order chi connectivity index (χ1) is 5.56. The fourth-order valence-electron chi connectivity index (χ4n) is 0.342. The maximum Gasteiger partial charge on any atom is 0.335 e. The third-order valence-corrected chi connectivity index (χ3v) is 1.16. The molecule has 6 heteroatoms. The molecule has 0 fully saturated rings. The van der Waals surface area contributed by atoms with Gasteiger partial charge in [-0.25, -0.2) is 9.18 Å². The molecule has 0 aliphatic carbocycles. The lowest BCUT2D eigenvalue weighted by Crippen LogP contribution is -1.93. The number of carboxylic acids is 1. The first-order valence-corrected chi connectivity index (χ1v) is 3.59. The van der Waals surface area contributed by atoms with Crippen LogP contribution in [0.5, 0.6) is 0 Å². The van der Waals surface area contributed by atoms with E-state index in [1.807, 2.05) is 0 Å². The van der Waals surface area contributed by atoms with E-state index >= 15 is 0 Å². The van der Waals surface area contributed by atoms with E-state index in [-0.39, 0.29) is 0 Å². The van der Waals surface area contributed by atoms with Crippen molar-refractivity contribution in [2.45, 2.75) is 0 Å². The summed E-state index contributed by atoms with van der Waals surface area (Å²) in [5.41, 5.74) is 0. The van der Waals surface area contributed by atoms with Crippen LogP contribution in [0.1, 0.15) is 0 Å². The highest BCUT2D eigenvalue weighted by Gasteiger charge is 1.87. The molecule has 0 saturated heterocycles. The van der Waals surface area contributed by atoms with Crippen molar-refractivity contribution in [2.24, 2.45) is 0 Å². The molecule has 2 N–H and O–H groups in total. The predicted octanol–water partition coefficient (Wildman–Crippen LogP) is 2.36. The summed E-state index contributed by atoms with van der Waals surface area (Å²) in [4.78, 5) is 11.7. The number of aromatic nitrogens is 1. The van der Waals surface area contributed by atoms with Crippen LogP contribution in [0.15, 0.2) is 12.3 Å². The minimum absolute atomic E-state index is 0.574. The van der Waals surface area contributed by atoms with Gasteiger partial charge in [0.05, 0.1) is 5.02 Å². The van der Waals surface area contributed by atoms with Gasteiger partial charge in [-0.2, -0.15) is 0 Å². The average molecular weight is 214 g/mol. The van der Waals surface area contributed by atoms with Crippen molar-refractivity contribution in [3.63, 3.8) is 0 Å². The Kier molecular flexibility index (Phi) is 5.49. The lowest BCUT2D eigenvalue weighted by atomic mass is 10.7. The molecular formula is C6H6Cl2FNO2. The van der Waals surface area contributed by atoms with Gasteiger partial charge in [0, 0.05) is 6.20 Å². The van der Waals surface area contributed by atoms with Crippen LogP contribution in [0.4, 0.5) is 4.39 Å². The third-order valence-electron chi connectivity index (χ3n) is 0.727. The maximum absolute atomic E-state index is 10.5. The van der Waals surface area contributed by atoms with Crippen molar-refractivity contribution >= 4 is 29.2 Å². The molecule has 12 heavy (non-hydrogen) atoms. The summed E-state index contributed by atoms with van der Waals surface area (Å²) in [6.45, 7) is -1.28. The van der Waals surface area contributed by atoms with Crippen molar-refractivity contribution < 1.29 is 14.3 Å². The lowest BCUT2D eigenvalue weighted by Gasteiger charge is -1.69. The summed E-state index contributed by atoms with van der Waals surface area (Å²) in [5.74, 6) is -1.41. The normalized spacial score (nSPS) is 8.58. The first kappa shape index (κ1) is 11.3. The van der Waals surface area contributed by atoms with Crippen LogP contribution in [0.25, 0.3) is 0 Å². The number of halogens is 3. The Morgan fingerprint density at radius 3 is 2.25 bits per heavy atom. The lowest BCUT2D eigenvalue weighted by molar-refractivity contribution is -0.137. The topological polar surface area (TPSA) is 53.1 Å². The molecule has 0 atom stereocenters. The largest absolute Gasteiger partial charge is 0.479 e. The molecule has 1 aromatic rings. The van der Waals surface area contributed by atoms with Gasteiger partial charge in [-0.3, -0.25) is 0 Å². The zero-order chi connectivity index (χ0) is 9.56. The van der Waals surface area contributed by atoms with Crippen LogP contribution in [0, 0.1) is 0 Å². The van der Waals surface area contributed by atoms with E-state index in [0.29, 0.717) is 10.2 Å². The number of hydrogen-bond donors (Lipinski definition) is 2. The van der Waals surface area contributed by atoms with E-state index < -0.39 is 12.6 Å². The quantitative estimate of drug-likeness (QED) is 0.753. The summed E-state index contributed by atoms with van der Waals surface area (Å²) in [5, 5.41) is 8.56. The van der Waals surface area contributed by atoms with Crippen LogP contribution < -0.4 is 0 Å². The minimum Gasteiger partial charge on any atom is -0.479 e. The van der Waals surface area contributed by atoms with E-state index in [4.69, 9.17) is 33.1 Å². The fraction of sp³-hybridized carbons (Fsp3) is 0.167. The number of alkyl halides is 1. The number of H-pyrrole nitrogens is 1. The molecule has 0 saturated carbocycles. The van der Waals surface area contributed by atoms with Gasteiger partial charge >= 0.3 is 5.97 Å². The Bertz CT molecular complexity index is 235. The second-order valence-corrected chi connectivity index (χ2v) is 2.54. The smallest absolute Gasteiger partial charge is 0.335 e. The van der Waals surface area contributed by atoms with Crippen molar-refractivity contribution in [1.29, 1.82) is 0 Å². The zero-order valence-corrected chi connectivity index (χ0v) is 7.36. The molecule has 0 aromatic carbocycles. The highest BCUT2D eigenvalue weighted by molar-refractivity contribution is 6.34. The van der Waals surface area contributed by atoms with E-state index in [1.165, 1.54) is 0 Å². The number of hydrogen-bond acceptors (Lipinski definition) is 1. The second kappa shape index (κ2) is 5.85. The molecule has 0 spiro atoms. The van der Waals surface area contributed by atoms with Gasteiger partial charge in [0.15, 0.2) is 6.67 Å². The monoisotopic (exact) mass is 213 g/mol. The molecule has 0 bridgehead atoms. The number of carbonyl (C=O) groups is 1. The second-order valence-electron chi connectivity index (χ2n) is 1.69. The van der Waals surface area contributed by atoms with Gasteiger partial charge in [-0.1, -0.05) is 23.2 Å². The molecule has 68 valence electrons. The average Bonchev–Trinajstić information content (AvgIpc) is 2.36. The van der Waals surface area contributed by atoms with Crippen molar-refractivity contribution in [1.82, 2.24) is 4.98 Å². The Morgan fingerprint density at radius 2 is 2.17 bits per heavy atom. The standard InChI is InChI=1S/C4H3Cl2N.C2H3FO2/c5-3-1-4(6)7-2-3;3-1-2(4)5/h1-2,7H;1H2,(H,4,5). The molecule has 0 amide bonds. The fourth-order valence-corrected chi connectivity index (χ4v) is 0.734. The third kappa shape index (κ3) is 6.00. The van der Waals surface area contributed by atoms with Gasteiger partial charge in [0.25, 0.3) is 0 Å². The highest BCUT2D eigenvalue weighted by Crippen LogP contribution is 2.12. The minimum atomic E-state index is -1.41. The predicted molar refractivity (Wildman–Crippen MR) is 44.4 cm³/mol. The summed E-state index contributed by atoms with van der Waals surface area (Å²) in [7, 11) is 0. The molecule has 0 radical (unpaired) electrons. The van der Waals surface area contributed by atoms with Crippen molar-refractivity contribution in [3.05, 3.63) is 22.4 Å². The van der Waals surface area contributed by atoms with Crippen LogP contribution in [-0.4, -0.2) is 22.7 Å². The first-order valence-electron chi connectivity index (χ1n) is 2.83. The number of aliphatic carboxylic acids is 1.